The average molecular weight is 814 g/mol. The van der Waals surface area contributed by atoms with Crippen LogP contribution in [0.25, 0.3) is 10.8 Å². The van der Waals surface area contributed by atoms with Crippen LogP contribution in [0.1, 0.15) is 53.5 Å². The summed E-state index contributed by atoms with van der Waals surface area (Å²) in [4.78, 5) is 84.4. The number of anilines is 2. The van der Waals surface area contributed by atoms with E-state index < -0.39 is 101 Å². The summed E-state index contributed by atoms with van der Waals surface area (Å²) in [5.74, 6) is -9.56. The fourth-order valence-electron chi connectivity index (χ4n) is 8.39. The lowest BCUT2D eigenvalue weighted by Crippen LogP contribution is -2.63. The lowest BCUT2D eigenvalue weighted by molar-refractivity contribution is -0.148. The number of nitrogens with zero attached hydrogens (tertiary/aromatic N) is 3. The molecular formula is C42H47N5O12. The van der Waals surface area contributed by atoms with Gasteiger partial charge in [0.2, 0.25) is 18.5 Å². The third-order valence-electron chi connectivity index (χ3n) is 11.2. The number of fused-ring (bicyclic) bond motifs is 4. The van der Waals surface area contributed by atoms with Gasteiger partial charge in [-0.25, -0.2) is 9.59 Å². The summed E-state index contributed by atoms with van der Waals surface area (Å²) in [5.41, 5.74) is 0.801. The van der Waals surface area contributed by atoms with Gasteiger partial charge >= 0.3 is 12.1 Å². The first-order chi connectivity index (χ1) is 27.6. The number of likely N-dealkylation sites (N-methyl/N-ethyl adjacent to an activating group) is 1. The Kier molecular flexibility index (Phi) is 11.0. The summed E-state index contributed by atoms with van der Waals surface area (Å²) in [5, 5.41) is 50.3. The summed E-state index contributed by atoms with van der Waals surface area (Å²) < 4.78 is 10.5. The maximum atomic E-state index is 14.4. The Labute approximate surface area is 339 Å². The molecule has 0 bridgehead atoms. The maximum Gasteiger partial charge on any atom is 0.413 e. The van der Waals surface area contributed by atoms with E-state index in [0.29, 0.717) is 16.6 Å². The highest BCUT2D eigenvalue weighted by Crippen LogP contribution is 2.54. The van der Waals surface area contributed by atoms with Crippen molar-refractivity contribution in [3.63, 3.8) is 0 Å². The molecule has 3 aliphatic carbocycles. The third kappa shape index (κ3) is 7.20. The molecule has 7 N–H and O–H groups in total. The Morgan fingerprint density at radius 2 is 1.63 bits per heavy atom. The molecule has 17 nitrogen and oxygen atoms in total. The molecule has 0 spiro atoms. The van der Waals surface area contributed by atoms with Gasteiger partial charge in [0.1, 0.15) is 23.6 Å². The first-order valence-electron chi connectivity index (χ1n) is 18.7. The molecule has 0 aromatic heterocycles. The number of nitrogens with one attached hydrogen (secondary N) is 1. The fraction of sp³-hybridized carbons (Fsp3) is 0.381. The Balaban J connectivity index is 1.26. The number of allylic oxidation sites excluding steroid dienone is 1. The summed E-state index contributed by atoms with van der Waals surface area (Å²) in [6.45, 7) is 3.56. The Morgan fingerprint density at radius 1 is 0.966 bits per heavy atom. The minimum atomic E-state index is -2.82. The number of rotatable bonds is 9. The second-order valence-corrected chi connectivity index (χ2v) is 16.3. The predicted octanol–water partition coefficient (Wildman–Crippen LogP) is 3.33. The zero-order valence-electron chi connectivity index (χ0n) is 33.7. The SMILES string of the molecule is CN(C)c1cc(NC(=O)CN(C(=O)OCOC(=O)c2cccc3ccccc23)C(C)(C)C)c(O)c2c1C[C@H]1C[C@H]3[C@H](N(C)C)C(O)=C(C(N)=O)C(=O)[C@@]3(O)C(O)=C1C2=O. The monoisotopic (exact) mass is 813 g/mol. The van der Waals surface area contributed by atoms with Crippen LogP contribution in [0.5, 0.6) is 5.75 Å². The average Bonchev–Trinajstić information content (AvgIpc) is 3.15. The Bertz CT molecular complexity index is 2370. The topological polar surface area (TPSA) is 250 Å². The number of benzene rings is 3. The summed E-state index contributed by atoms with van der Waals surface area (Å²) in [7, 11) is 6.43. The quantitative estimate of drug-likeness (QED) is 0.0785. The van der Waals surface area contributed by atoms with E-state index in [1.807, 2.05) is 18.2 Å². The van der Waals surface area contributed by atoms with Gasteiger partial charge in [-0.1, -0.05) is 36.4 Å². The van der Waals surface area contributed by atoms with Crippen LogP contribution in [0.4, 0.5) is 16.2 Å². The lowest BCUT2D eigenvalue weighted by Gasteiger charge is -2.50. The second-order valence-electron chi connectivity index (χ2n) is 16.3. The largest absolute Gasteiger partial charge is 0.510 e. The van der Waals surface area contributed by atoms with E-state index in [4.69, 9.17) is 15.2 Å². The molecule has 0 radical (unpaired) electrons. The normalized spacial score (nSPS) is 21.4. The maximum absolute atomic E-state index is 14.4. The molecule has 3 aromatic carbocycles. The van der Waals surface area contributed by atoms with E-state index in [-0.39, 0.29) is 35.2 Å². The van der Waals surface area contributed by atoms with E-state index in [2.05, 4.69) is 5.32 Å². The molecule has 3 aliphatic rings. The van der Waals surface area contributed by atoms with Gasteiger partial charge < -0.3 is 45.9 Å². The van der Waals surface area contributed by atoms with Crippen LogP contribution in [-0.2, 0) is 30.3 Å². The molecule has 3 amide bonds. The van der Waals surface area contributed by atoms with Crippen molar-refractivity contribution in [1.29, 1.82) is 0 Å². The summed E-state index contributed by atoms with van der Waals surface area (Å²) in [6.07, 6.45) is -1.06. The number of carbonyl (C=O) groups excluding carboxylic acids is 6. The van der Waals surface area contributed by atoms with Gasteiger partial charge in [-0.05, 0) is 82.1 Å². The highest BCUT2D eigenvalue weighted by Gasteiger charge is 2.63. The number of phenolic OH excluding ortho intramolecular Hbond substituents is 1. The van der Waals surface area contributed by atoms with Gasteiger partial charge in [0.05, 0.1) is 22.9 Å². The molecule has 6 rings (SSSR count). The van der Waals surface area contributed by atoms with Crippen LogP contribution in [0.2, 0.25) is 0 Å². The molecule has 17 heteroatoms. The smallest absolute Gasteiger partial charge is 0.413 e. The van der Waals surface area contributed by atoms with E-state index in [0.717, 1.165) is 10.3 Å². The number of carbonyl (C=O) groups is 6. The molecular weight excluding hydrogens is 766 g/mol. The minimum absolute atomic E-state index is 0.0263. The van der Waals surface area contributed by atoms with E-state index in [1.54, 1.807) is 78.1 Å². The molecule has 0 saturated carbocycles. The Morgan fingerprint density at radius 3 is 2.25 bits per heavy atom. The number of primary amides is 1. The van der Waals surface area contributed by atoms with Crippen molar-refractivity contribution in [1.82, 2.24) is 9.80 Å². The number of ether oxygens (including phenoxy) is 2. The van der Waals surface area contributed by atoms with Crippen molar-refractivity contribution in [2.24, 2.45) is 17.6 Å². The number of aliphatic hydroxyl groups excluding tert-OH is 2. The van der Waals surface area contributed by atoms with Gasteiger partial charge in [-0.3, -0.25) is 29.0 Å². The van der Waals surface area contributed by atoms with Crippen LogP contribution in [-0.4, -0.2) is 124 Å². The van der Waals surface area contributed by atoms with Gasteiger partial charge in [-0.15, -0.1) is 0 Å². The summed E-state index contributed by atoms with van der Waals surface area (Å²) >= 11 is 0. The molecule has 0 heterocycles. The zero-order valence-corrected chi connectivity index (χ0v) is 33.7. The number of aromatic hydroxyl groups is 1. The van der Waals surface area contributed by atoms with Crippen LogP contribution in [0.3, 0.4) is 0 Å². The highest BCUT2D eigenvalue weighted by atomic mass is 16.7. The molecule has 312 valence electrons. The number of hydrogen-bond acceptors (Lipinski definition) is 14. The molecule has 0 fully saturated rings. The van der Waals surface area contributed by atoms with Crippen molar-refractivity contribution < 1.29 is 58.7 Å². The number of Topliss-reactive ketones (excluding diaryl/α,β-unsaturated/α-hetero) is 2. The van der Waals surface area contributed by atoms with Gasteiger partial charge in [-0.2, -0.15) is 0 Å². The van der Waals surface area contributed by atoms with Crippen LogP contribution in [0.15, 0.2) is 71.2 Å². The van der Waals surface area contributed by atoms with Crippen LogP contribution < -0.4 is 16.0 Å². The first kappa shape index (κ1) is 42.2. The van der Waals surface area contributed by atoms with Crippen molar-refractivity contribution in [2.45, 2.75) is 50.8 Å². The van der Waals surface area contributed by atoms with Crippen molar-refractivity contribution >= 4 is 57.6 Å². The number of hydrogen-bond donors (Lipinski definition) is 6. The van der Waals surface area contributed by atoms with Crippen molar-refractivity contribution in [3.05, 3.63) is 87.9 Å². The lowest BCUT2D eigenvalue weighted by atomic mass is 9.58. The standard InChI is InChI=1S/C42H47N5O12/c1-41(2,3)47(40(56)59-19-58-39(55)23-14-10-12-20-11-8-9-13-22(20)23)18-28(48)44-26-17-27(45(4)5)24-15-21-16-25-32(46(6)7)35(51)31(38(43)54)37(53)42(25,57)36(52)29(21)34(50)30(24)33(26)49/h8-14,17,21,25,32,49,51-52,57H,15-16,18-19H2,1-7H3,(H2,43,54)(H,44,48)/t21-,25-,32-,42-/m0/s1. The van der Waals surface area contributed by atoms with E-state index in [1.165, 1.54) is 11.0 Å². The van der Waals surface area contributed by atoms with Gasteiger partial charge in [0.25, 0.3) is 5.91 Å². The molecule has 3 aromatic rings. The third-order valence-corrected chi connectivity index (χ3v) is 11.2. The van der Waals surface area contributed by atoms with Crippen molar-refractivity contribution in [3.8, 4) is 5.75 Å². The minimum Gasteiger partial charge on any atom is -0.510 e. The predicted molar refractivity (Wildman–Crippen MR) is 214 cm³/mol. The van der Waals surface area contributed by atoms with Gasteiger partial charge in [0.15, 0.2) is 17.1 Å². The Hall–Kier alpha value is -6.46. The molecule has 0 aliphatic heterocycles. The molecule has 4 atom stereocenters. The number of esters is 1. The van der Waals surface area contributed by atoms with Crippen molar-refractivity contribution in [2.75, 3.05) is 51.7 Å². The number of ketones is 2. The van der Waals surface area contributed by atoms with Crippen LogP contribution in [0, 0.1) is 11.8 Å². The fourth-order valence-corrected chi connectivity index (χ4v) is 8.39. The number of nitrogens with two attached hydrogens (primary N) is 1. The first-order valence-corrected chi connectivity index (χ1v) is 18.7. The second kappa shape index (κ2) is 15.4. The number of amides is 3. The van der Waals surface area contributed by atoms with Crippen LogP contribution >= 0.6 is 0 Å². The van der Waals surface area contributed by atoms with Gasteiger partial charge in [0, 0.05) is 36.8 Å². The molecule has 59 heavy (non-hydrogen) atoms. The molecule has 0 unspecified atom stereocenters. The zero-order chi connectivity index (χ0) is 43.5. The number of aliphatic hydroxyl groups is 3. The number of phenols is 1. The van der Waals surface area contributed by atoms with E-state index >= 15 is 0 Å². The summed E-state index contributed by atoms with van der Waals surface area (Å²) in [6, 6.07) is 12.6. The van der Waals surface area contributed by atoms with E-state index in [9.17, 15) is 49.2 Å². The molecule has 0 saturated heterocycles. The highest BCUT2D eigenvalue weighted by molar-refractivity contribution is 6.25.